The average molecular weight is 317 g/mol. The molecule has 0 atom stereocenters. The van der Waals surface area contributed by atoms with Crippen molar-refractivity contribution in [2.24, 2.45) is 0 Å². The largest absolute Gasteiger partial charge is 0.369 e. The molecule has 7 heteroatoms. The number of anilines is 1. The summed E-state index contributed by atoms with van der Waals surface area (Å²) in [5, 5.41) is 10.5. The summed E-state index contributed by atoms with van der Waals surface area (Å²) in [7, 11) is 0. The van der Waals surface area contributed by atoms with E-state index in [0.717, 1.165) is 35.5 Å². The summed E-state index contributed by atoms with van der Waals surface area (Å²) in [5.74, 6) is 1.70. The molecule has 90 valence electrons. The molecule has 0 aliphatic carbocycles. The fraction of sp³-hybridized carbons (Fsp3) is 0.300. The number of aryl methyl sites for hydroxylation is 1. The Bertz CT molecular complexity index is 474. The summed E-state index contributed by atoms with van der Waals surface area (Å²) in [4.78, 5) is 8.24. The number of aromatic nitrogens is 4. The number of pyridine rings is 1. The number of halogens is 2. The summed E-state index contributed by atoms with van der Waals surface area (Å²) in [6.07, 6.45) is 4.94. The van der Waals surface area contributed by atoms with Gasteiger partial charge in [-0.15, -0.1) is 0 Å². The van der Waals surface area contributed by atoms with Gasteiger partial charge in [0.25, 0.3) is 0 Å². The lowest BCUT2D eigenvalue weighted by Crippen LogP contribution is -2.05. The second-order valence-electron chi connectivity index (χ2n) is 3.45. The third kappa shape index (κ3) is 3.67. The minimum Gasteiger partial charge on any atom is -0.369 e. The molecule has 2 rings (SSSR count). The summed E-state index contributed by atoms with van der Waals surface area (Å²) in [5.41, 5.74) is 0. The van der Waals surface area contributed by atoms with Gasteiger partial charge in [-0.1, -0.05) is 11.6 Å². The van der Waals surface area contributed by atoms with Gasteiger partial charge in [-0.2, -0.15) is 5.10 Å². The van der Waals surface area contributed by atoms with Crippen molar-refractivity contribution in [2.75, 3.05) is 11.9 Å². The van der Waals surface area contributed by atoms with Gasteiger partial charge in [-0.05, 0) is 28.4 Å². The number of aromatic amines is 1. The topological polar surface area (TPSA) is 66.5 Å². The molecule has 0 saturated heterocycles. The molecule has 0 unspecified atom stereocenters. The Balaban J connectivity index is 1.78. The predicted octanol–water partition coefficient (Wildman–Crippen LogP) is 2.66. The smallest absolute Gasteiger partial charge is 0.140 e. The molecule has 2 heterocycles. The second-order valence-corrected chi connectivity index (χ2v) is 4.74. The predicted molar refractivity (Wildman–Crippen MR) is 70.1 cm³/mol. The van der Waals surface area contributed by atoms with Gasteiger partial charge in [0.1, 0.15) is 18.0 Å². The van der Waals surface area contributed by atoms with Crippen molar-refractivity contribution in [2.45, 2.75) is 12.8 Å². The third-order valence-corrected chi connectivity index (χ3v) is 2.97. The Hall–Kier alpha value is -1.14. The van der Waals surface area contributed by atoms with Crippen LogP contribution in [0.25, 0.3) is 0 Å². The SMILES string of the molecule is Clc1cnc(NCCCc2ncn[nH]2)c(Br)c1. The minimum absolute atomic E-state index is 0.615. The molecule has 0 amide bonds. The van der Waals surface area contributed by atoms with Crippen LogP contribution < -0.4 is 5.32 Å². The Morgan fingerprint density at radius 2 is 2.29 bits per heavy atom. The minimum atomic E-state index is 0.615. The van der Waals surface area contributed by atoms with Gasteiger partial charge in [-0.25, -0.2) is 9.97 Å². The van der Waals surface area contributed by atoms with Crippen LogP contribution in [0.1, 0.15) is 12.2 Å². The van der Waals surface area contributed by atoms with Gasteiger partial charge in [0.15, 0.2) is 0 Å². The molecule has 2 N–H and O–H groups in total. The summed E-state index contributed by atoms with van der Waals surface area (Å²) >= 11 is 9.21. The van der Waals surface area contributed by atoms with Crippen molar-refractivity contribution in [1.82, 2.24) is 20.2 Å². The zero-order valence-electron chi connectivity index (χ0n) is 8.95. The maximum Gasteiger partial charge on any atom is 0.140 e. The number of nitrogens with one attached hydrogen (secondary N) is 2. The number of hydrogen-bond acceptors (Lipinski definition) is 4. The monoisotopic (exact) mass is 315 g/mol. The van der Waals surface area contributed by atoms with E-state index in [1.165, 1.54) is 6.33 Å². The quantitative estimate of drug-likeness (QED) is 0.832. The van der Waals surface area contributed by atoms with Crippen molar-refractivity contribution in [3.8, 4) is 0 Å². The Labute approximate surface area is 112 Å². The molecule has 0 saturated carbocycles. The molecule has 5 nitrogen and oxygen atoms in total. The molecule has 0 aromatic carbocycles. The molecule has 0 bridgehead atoms. The van der Waals surface area contributed by atoms with Crippen LogP contribution in [-0.4, -0.2) is 26.7 Å². The van der Waals surface area contributed by atoms with E-state index in [1.54, 1.807) is 6.20 Å². The van der Waals surface area contributed by atoms with Gasteiger partial charge in [0, 0.05) is 19.2 Å². The van der Waals surface area contributed by atoms with Gasteiger partial charge in [0.2, 0.25) is 0 Å². The van der Waals surface area contributed by atoms with Crippen LogP contribution in [0.2, 0.25) is 5.02 Å². The third-order valence-electron chi connectivity index (χ3n) is 2.16. The molecule has 0 aliphatic heterocycles. The van der Waals surface area contributed by atoms with E-state index in [4.69, 9.17) is 11.6 Å². The van der Waals surface area contributed by atoms with Gasteiger partial charge < -0.3 is 5.32 Å². The van der Waals surface area contributed by atoms with Crippen LogP contribution >= 0.6 is 27.5 Å². The van der Waals surface area contributed by atoms with Crippen molar-refractivity contribution >= 4 is 33.3 Å². The molecule has 0 spiro atoms. The number of nitrogens with zero attached hydrogens (tertiary/aromatic N) is 3. The van der Waals surface area contributed by atoms with Crippen LogP contribution in [0, 0.1) is 0 Å². The summed E-state index contributed by atoms with van der Waals surface area (Å²) in [6.45, 7) is 0.813. The first kappa shape index (κ1) is 12.3. The lowest BCUT2D eigenvalue weighted by atomic mass is 10.3. The standard InChI is InChI=1S/C10H11BrClN5/c11-8-4-7(12)5-14-10(8)13-3-1-2-9-15-6-16-17-9/h4-6H,1-3H2,(H,13,14)(H,15,16,17). The molecular formula is C10H11BrClN5. The summed E-state index contributed by atoms with van der Waals surface area (Å²) in [6, 6.07) is 1.81. The van der Waals surface area contributed by atoms with Crippen LogP contribution in [0.4, 0.5) is 5.82 Å². The lowest BCUT2D eigenvalue weighted by Gasteiger charge is -2.06. The van der Waals surface area contributed by atoms with Crippen molar-refractivity contribution in [3.63, 3.8) is 0 Å². The van der Waals surface area contributed by atoms with E-state index in [9.17, 15) is 0 Å². The van der Waals surface area contributed by atoms with Crippen LogP contribution in [0.15, 0.2) is 23.1 Å². The molecule has 2 aromatic heterocycles. The second kappa shape index (κ2) is 5.97. The van der Waals surface area contributed by atoms with E-state index < -0.39 is 0 Å². The highest BCUT2D eigenvalue weighted by Crippen LogP contribution is 2.22. The molecule has 0 aliphatic rings. The van der Waals surface area contributed by atoms with Crippen molar-refractivity contribution in [3.05, 3.63) is 33.9 Å². The normalized spacial score (nSPS) is 10.5. The number of H-pyrrole nitrogens is 1. The van der Waals surface area contributed by atoms with Crippen LogP contribution in [0.5, 0.6) is 0 Å². The molecule has 0 radical (unpaired) electrons. The zero-order valence-corrected chi connectivity index (χ0v) is 11.3. The maximum atomic E-state index is 5.81. The Morgan fingerprint density at radius 3 is 3.00 bits per heavy atom. The first-order valence-electron chi connectivity index (χ1n) is 5.15. The summed E-state index contributed by atoms with van der Waals surface area (Å²) < 4.78 is 0.865. The fourth-order valence-corrected chi connectivity index (χ4v) is 2.14. The highest BCUT2D eigenvalue weighted by Gasteiger charge is 2.02. The number of hydrogen-bond donors (Lipinski definition) is 2. The number of rotatable bonds is 5. The van der Waals surface area contributed by atoms with Gasteiger partial charge in [0.05, 0.1) is 9.50 Å². The van der Waals surface area contributed by atoms with E-state index in [-0.39, 0.29) is 0 Å². The first-order valence-corrected chi connectivity index (χ1v) is 6.32. The van der Waals surface area contributed by atoms with Crippen molar-refractivity contribution < 1.29 is 0 Å². The molecular weight excluding hydrogens is 306 g/mol. The zero-order chi connectivity index (χ0) is 12.1. The van der Waals surface area contributed by atoms with Gasteiger partial charge in [-0.3, -0.25) is 5.10 Å². The highest BCUT2D eigenvalue weighted by molar-refractivity contribution is 9.10. The average Bonchev–Trinajstić information content (AvgIpc) is 2.79. The van der Waals surface area contributed by atoms with Gasteiger partial charge >= 0.3 is 0 Å². The lowest BCUT2D eigenvalue weighted by molar-refractivity contribution is 0.803. The Kier molecular flexibility index (Phi) is 4.33. The maximum absolute atomic E-state index is 5.81. The molecule has 17 heavy (non-hydrogen) atoms. The van der Waals surface area contributed by atoms with E-state index >= 15 is 0 Å². The van der Waals surface area contributed by atoms with E-state index in [0.29, 0.717) is 5.02 Å². The molecule has 0 fully saturated rings. The van der Waals surface area contributed by atoms with Crippen molar-refractivity contribution in [1.29, 1.82) is 0 Å². The Morgan fingerprint density at radius 1 is 1.41 bits per heavy atom. The van der Waals surface area contributed by atoms with Crippen LogP contribution in [-0.2, 0) is 6.42 Å². The molecule has 2 aromatic rings. The highest BCUT2D eigenvalue weighted by atomic mass is 79.9. The van der Waals surface area contributed by atoms with E-state index in [2.05, 4.69) is 41.4 Å². The fourth-order valence-electron chi connectivity index (χ4n) is 1.36. The van der Waals surface area contributed by atoms with E-state index in [1.807, 2.05) is 6.07 Å². The first-order chi connectivity index (χ1) is 8.25. The van der Waals surface area contributed by atoms with Crippen LogP contribution in [0.3, 0.4) is 0 Å².